The van der Waals surface area contributed by atoms with Crippen LogP contribution < -0.4 is 0 Å². The summed E-state index contributed by atoms with van der Waals surface area (Å²) in [5.74, 6) is 0.881. The van der Waals surface area contributed by atoms with Crippen molar-refractivity contribution in [1.82, 2.24) is 4.90 Å². The summed E-state index contributed by atoms with van der Waals surface area (Å²) in [6.07, 6.45) is 8.50. The number of fused-ring (bicyclic) bond motifs is 1. The summed E-state index contributed by atoms with van der Waals surface area (Å²) in [6, 6.07) is 11.4. The number of halogens is 1. The largest absolute Gasteiger partial charge is 0.303 e. The van der Waals surface area contributed by atoms with Gasteiger partial charge in [-0.05, 0) is 55.7 Å². The zero-order valence-electron chi connectivity index (χ0n) is 12.7. The van der Waals surface area contributed by atoms with E-state index in [0.29, 0.717) is 5.41 Å². The van der Waals surface area contributed by atoms with Gasteiger partial charge >= 0.3 is 0 Å². The molecule has 2 atom stereocenters. The molecule has 2 fully saturated rings. The van der Waals surface area contributed by atoms with Crippen molar-refractivity contribution in [2.45, 2.75) is 50.9 Å². The quantitative estimate of drug-likeness (QED) is 0.767. The van der Waals surface area contributed by atoms with Gasteiger partial charge in [0, 0.05) is 6.54 Å². The highest BCUT2D eigenvalue weighted by Gasteiger charge is 2.43. The highest BCUT2D eigenvalue weighted by atomic mass is 35.5. The van der Waals surface area contributed by atoms with Crippen LogP contribution in [0.15, 0.2) is 30.3 Å². The van der Waals surface area contributed by atoms with Crippen molar-refractivity contribution in [3.05, 3.63) is 35.9 Å². The number of rotatable bonds is 2. The van der Waals surface area contributed by atoms with Crippen LogP contribution >= 0.6 is 12.4 Å². The summed E-state index contributed by atoms with van der Waals surface area (Å²) in [5, 5.41) is 0. The minimum Gasteiger partial charge on any atom is -0.303 e. The molecule has 2 heteroatoms. The zero-order chi connectivity index (χ0) is 13.1. The first-order valence-electron chi connectivity index (χ1n) is 8.13. The van der Waals surface area contributed by atoms with Crippen LogP contribution in [0.1, 0.15) is 51.0 Å². The van der Waals surface area contributed by atoms with Crippen molar-refractivity contribution >= 4 is 12.4 Å². The molecule has 1 saturated heterocycles. The second-order valence-electron chi connectivity index (χ2n) is 6.46. The van der Waals surface area contributed by atoms with Crippen LogP contribution in [0.3, 0.4) is 0 Å². The van der Waals surface area contributed by atoms with Crippen molar-refractivity contribution in [1.29, 1.82) is 0 Å². The Labute approximate surface area is 130 Å². The van der Waals surface area contributed by atoms with E-state index in [9.17, 15) is 0 Å². The third-order valence-corrected chi connectivity index (χ3v) is 5.58. The molecule has 0 N–H and O–H groups in total. The van der Waals surface area contributed by atoms with Crippen molar-refractivity contribution in [3.63, 3.8) is 0 Å². The lowest BCUT2D eigenvalue weighted by atomic mass is 9.61. The van der Waals surface area contributed by atoms with Crippen molar-refractivity contribution in [2.75, 3.05) is 19.6 Å². The molecule has 0 aromatic heterocycles. The Bertz CT molecular complexity index is 405. The van der Waals surface area contributed by atoms with Crippen LogP contribution in [0.25, 0.3) is 0 Å². The van der Waals surface area contributed by atoms with Gasteiger partial charge in [0.15, 0.2) is 0 Å². The fourth-order valence-corrected chi connectivity index (χ4v) is 4.51. The van der Waals surface area contributed by atoms with Crippen molar-refractivity contribution in [3.8, 4) is 0 Å². The van der Waals surface area contributed by atoms with Crippen LogP contribution in [0, 0.1) is 5.92 Å². The first kappa shape index (κ1) is 15.9. The SMILES string of the molecule is CCN1CCCC2(c3ccccc3)CCCCC2C1.Cl. The molecule has 1 aromatic rings. The van der Waals surface area contributed by atoms with Gasteiger partial charge in [-0.1, -0.05) is 50.1 Å². The maximum absolute atomic E-state index is 2.68. The Balaban J connectivity index is 0.00000147. The standard InChI is InChI=1S/C18H27N.ClH/c1-2-19-14-8-13-18(16-9-4-3-5-10-16)12-7-6-11-17(18)15-19;/h3-5,9-10,17H,2,6-8,11-15H2,1H3;1H. The summed E-state index contributed by atoms with van der Waals surface area (Å²) < 4.78 is 0. The fourth-order valence-electron chi connectivity index (χ4n) is 4.51. The number of likely N-dealkylation sites (tertiary alicyclic amines) is 1. The van der Waals surface area contributed by atoms with E-state index in [4.69, 9.17) is 0 Å². The third-order valence-electron chi connectivity index (χ3n) is 5.58. The van der Waals surface area contributed by atoms with Gasteiger partial charge in [-0.3, -0.25) is 0 Å². The average molecular weight is 294 g/mol. The van der Waals surface area contributed by atoms with Gasteiger partial charge in [0.2, 0.25) is 0 Å². The van der Waals surface area contributed by atoms with E-state index in [1.807, 2.05) is 0 Å². The van der Waals surface area contributed by atoms with E-state index < -0.39 is 0 Å². The molecule has 1 aromatic carbocycles. The molecular formula is C18H28ClN. The van der Waals surface area contributed by atoms with Gasteiger partial charge in [0.1, 0.15) is 0 Å². The summed E-state index contributed by atoms with van der Waals surface area (Å²) in [4.78, 5) is 2.68. The predicted molar refractivity (Wildman–Crippen MR) is 88.7 cm³/mol. The second-order valence-corrected chi connectivity index (χ2v) is 6.46. The Morgan fingerprint density at radius 2 is 1.85 bits per heavy atom. The van der Waals surface area contributed by atoms with E-state index in [1.165, 1.54) is 58.2 Å². The molecule has 3 rings (SSSR count). The van der Waals surface area contributed by atoms with Crippen molar-refractivity contribution in [2.24, 2.45) is 5.92 Å². The Hall–Kier alpha value is -0.530. The van der Waals surface area contributed by atoms with E-state index in [0.717, 1.165) is 5.92 Å². The molecule has 0 bridgehead atoms. The van der Waals surface area contributed by atoms with Crippen LogP contribution in [0.2, 0.25) is 0 Å². The summed E-state index contributed by atoms with van der Waals surface area (Å²) in [5.41, 5.74) is 2.11. The molecule has 2 unspecified atom stereocenters. The van der Waals surface area contributed by atoms with Gasteiger partial charge in [-0.15, -0.1) is 12.4 Å². The van der Waals surface area contributed by atoms with Crippen molar-refractivity contribution < 1.29 is 0 Å². The monoisotopic (exact) mass is 293 g/mol. The third kappa shape index (κ3) is 2.89. The molecule has 0 radical (unpaired) electrons. The molecule has 2 aliphatic rings. The minimum absolute atomic E-state index is 0. The Morgan fingerprint density at radius 1 is 1.10 bits per heavy atom. The molecule has 1 aliphatic carbocycles. The summed E-state index contributed by atoms with van der Waals surface area (Å²) in [6.45, 7) is 6.17. The van der Waals surface area contributed by atoms with E-state index in [1.54, 1.807) is 5.56 Å². The summed E-state index contributed by atoms with van der Waals surface area (Å²) in [7, 11) is 0. The Morgan fingerprint density at radius 3 is 2.60 bits per heavy atom. The highest BCUT2D eigenvalue weighted by Crippen LogP contribution is 2.48. The van der Waals surface area contributed by atoms with E-state index >= 15 is 0 Å². The van der Waals surface area contributed by atoms with Gasteiger partial charge in [-0.25, -0.2) is 0 Å². The second kappa shape index (κ2) is 6.95. The maximum atomic E-state index is 2.68. The normalized spacial score (nSPS) is 30.9. The first-order chi connectivity index (χ1) is 9.35. The maximum Gasteiger partial charge on any atom is 0.00181 e. The van der Waals surface area contributed by atoms with Gasteiger partial charge in [0.25, 0.3) is 0 Å². The molecular weight excluding hydrogens is 266 g/mol. The molecule has 1 nitrogen and oxygen atoms in total. The minimum atomic E-state index is 0. The predicted octanol–water partition coefficient (Wildman–Crippen LogP) is 4.65. The van der Waals surface area contributed by atoms with Crippen LogP contribution in [0.4, 0.5) is 0 Å². The molecule has 1 heterocycles. The molecule has 0 amide bonds. The van der Waals surface area contributed by atoms with E-state index in [2.05, 4.69) is 42.2 Å². The molecule has 20 heavy (non-hydrogen) atoms. The molecule has 0 spiro atoms. The van der Waals surface area contributed by atoms with Gasteiger partial charge in [-0.2, -0.15) is 0 Å². The zero-order valence-corrected chi connectivity index (χ0v) is 13.5. The lowest BCUT2D eigenvalue weighted by molar-refractivity contribution is 0.149. The number of hydrogen-bond donors (Lipinski definition) is 0. The lowest BCUT2D eigenvalue weighted by Gasteiger charge is -2.44. The van der Waals surface area contributed by atoms with Gasteiger partial charge < -0.3 is 4.90 Å². The average Bonchev–Trinajstić information content (AvgIpc) is 2.68. The van der Waals surface area contributed by atoms with Gasteiger partial charge in [0.05, 0.1) is 0 Å². The van der Waals surface area contributed by atoms with Crippen LogP contribution in [0.5, 0.6) is 0 Å². The topological polar surface area (TPSA) is 3.24 Å². The Kier molecular flexibility index (Phi) is 5.51. The first-order valence-corrected chi connectivity index (χ1v) is 8.13. The number of hydrogen-bond acceptors (Lipinski definition) is 1. The lowest BCUT2D eigenvalue weighted by Crippen LogP contribution is -2.41. The van der Waals surface area contributed by atoms with Crippen LogP contribution in [-0.4, -0.2) is 24.5 Å². The summed E-state index contributed by atoms with van der Waals surface area (Å²) >= 11 is 0. The number of benzene rings is 1. The molecule has 1 aliphatic heterocycles. The van der Waals surface area contributed by atoms with E-state index in [-0.39, 0.29) is 12.4 Å². The number of nitrogens with zero attached hydrogens (tertiary/aromatic N) is 1. The highest BCUT2D eigenvalue weighted by molar-refractivity contribution is 5.85. The smallest absolute Gasteiger partial charge is 0.00181 e. The van der Waals surface area contributed by atoms with Crippen LogP contribution in [-0.2, 0) is 5.41 Å². The fraction of sp³-hybridized carbons (Fsp3) is 0.667. The molecule has 112 valence electrons. The molecule has 1 saturated carbocycles.